The third-order valence-electron chi connectivity index (χ3n) is 4.23. The van der Waals surface area contributed by atoms with E-state index >= 15 is 0 Å². The molecular weight excluding hydrogens is 434 g/mol. The average molecular weight is 450 g/mol. The number of hydrogen-bond acceptors (Lipinski definition) is 8. The van der Waals surface area contributed by atoms with Crippen LogP contribution >= 0.6 is 11.6 Å². The summed E-state index contributed by atoms with van der Waals surface area (Å²) in [7, 11) is -3.62. The van der Waals surface area contributed by atoms with Crippen LogP contribution in [0.15, 0.2) is 51.8 Å². The summed E-state index contributed by atoms with van der Waals surface area (Å²) in [4.78, 5) is 12.2. The van der Waals surface area contributed by atoms with E-state index < -0.39 is 15.7 Å². The van der Waals surface area contributed by atoms with Gasteiger partial charge in [-0.2, -0.15) is 0 Å². The van der Waals surface area contributed by atoms with Gasteiger partial charge in [0, 0.05) is 17.0 Å². The molecule has 4 rings (SSSR count). The zero-order valence-electron chi connectivity index (χ0n) is 15.5. The van der Waals surface area contributed by atoms with E-state index in [4.69, 9.17) is 25.5 Å². The van der Waals surface area contributed by atoms with Gasteiger partial charge in [0.2, 0.25) is 11.8 Å². The standard InChI is InChI=1S/C19H16ClN3O6S/c20-13-2-4-14(5-3-13)30(25,26)10-7-17(24)21-19-23-22-18(29-19)12-1-6-15-16(11-12)28-9-8-27-15/h1-6,11H,7-10H2,(H,21,23,24). The zero-order chi connectivity index (χ0) is 21.1. The molecule has 1 N–H and O–H groups in total. The number of nitrogens with zero attached hydrogens (tertiary/aromatic N) is 2. The zero-order valence-corrected chi connectivity index (χ0v) is 17.1. The van der Waals surface area contributed by atoms with E-state index in [2.05, 4.69) is 15.5 Å². The first-order valence-corrected chi connectivity index (χ1v) is 11.0. The van der Waals surface area contributed by atoms with E-state index in [1.165, 1.54) is 24.3 Å². The quantitative estimate of drug-likeness (QED) is 0.609. The molecule has 2 aromatic carbocycles. The van der Waals surface area contributed by atoms with E-state index in [1.54, 1.807) is 18.2 Å². The molecule has 0 spiro atoms. The summed E-state index contributed by atoms with van der Waals surface area (Å²) >= 11 is 5.77. The van der Waals surface area contributed by atoms with Crippen LogP contribution in [0.1, 0.15) is 6.42 Å². The Labute approximate surface area is 176 Å². The number of carbonyl (C=O) groups is 1. The van der Waals surface area contributed by atoms with Crippen LogP contribution in [-0.4, -0.2) is 43.5 Å². The largest absolute Gasteiger partial charge is 0.486 e. The first-order chi connectivity index (χ1) is 14.4. The summed E-state index contributed by atoms with van der Waals surface area (Å²) in [6.45, 7) is 0.928. The maximum Gasteiger partial charge on any atom is 0.322 e. The van der Waals surface area contributed by atoms with Gasteiger partial charge in [-0.05, 0) is 42.5 Å². The monoisotopic (exact) mass is 449 g/mol. The molecule has 0 fully saturated rings. The van der Waals surface area contributed by atoms with Crippen molar-refractivity contribution >= 4 is 33.4 Å². The molecule has 9 nitrogen and oxygen atoms in total. The summed E-state index contributed by atoms with van der Waals surface area (Å²) < 4.78 is 41.0. The molecule has 0 bridgehead atoms. The molecule has 0 saturated heterocycles. The van der Waals surface area contributed by atoms with Crippen LogP contribution in [0.2, 0.25) is 5.02 Å². The molecule has 0 saturated carbocycles. The number of ether oxygens (including phenoxy) is 2. The highest BCUT2D eigenvalue weighted by molar-refractivity contribution is 7.91. The van der Waals surface area contributed by atoms with Crippen LogP contribution in [-0.2, 0) is 14.6 Å². The van der Waals surface area contributed by atoms with Crippen molar-refractivity contribution in [3.63, 3.8) is 0 Å². The molecule has 0 unspecified atom stereocenters. The SMILES string of the molecule is O=C(CCS(=O)(=O)c1ccc(Cl)cc1)Nc1nnc(-c2ccc3c(c2)OCCO3)o1. The van der Waals surface area contributed by atoms with Crippen molar-refractivity contribution in [2.75, 3.05) is 24.3 Å². The molecule has 0 radical (unpaired) electrons. The summed E-state index contributed by atoms with van der Waals surface area (Å²) in [5, 5.41) is 10.5. The van der Waals surface area contributed by atoms with Crippen molar-refractivity contribution in [1.29, 1.82) is 0 Å². The van der Waals surface area contributed by atoms with Gasteiger partial charge in [-0.25, -0.2) is 8.42 Å². The van der Waals surface area contributed by atoms with E-state index in [9.17, 15) is 13.2 Å². The maximum absolute atomic E-state index is 12.3. The van der Waals surface area contributed by atoms with Crippen molar-refractivity contribution in [2.24, 2.45) is 0 Å². The first kappa shape index (κ1) is 20.2. The second kappa shape index (κ2) is 8.33. The second-order valence-corrected chi connectivity index (χ2v) is 8.89. The highest BCUT2D eigenvalue weighted by atomic mass is 35.5. The van der Waals surface area contributed by atoms with Crippen molar-refractivity contribution in [3.8, 4) is 23.0 Å². The highest BCUT2D eigenvalue weighted by Crippen LogP contribution is 2.34. The van der Waals surface area contributed by atoms with Gasteiger partial charge >= 0.3 is 6.01 Å². The first-order valence-electron chi connectivity index (χ1n) is 8.92. The molecule has 3 aromatic rings. The van der Waals surface area contributed by atoms with Crippen molar-refractivity contribution in [3.05, 3.63) is 47.5 Å². The predicted octanol–water partition coefficient (Wildman–Crippen LogP) is 2.96. The summed E-state index contributed by atoms with van der Waals surface area (Å²) in [5.41, 5.74) is 0.595. The number of rotatable bonds is 6. The lowest BCUT2D eigenvalue weighted by Crippen LogP contribution is -2.17. The van der Waals surface area contributed by atoms with Gasteiger partial charge < -0.3 is 13.9 Å². The fourth-order valence-corrected chi connectivity index (χ4v) is 4.10. The molecule has 1 amide bonds. The number of hydrogen-bond donors (Lipinski definition) is 1. The average Bonchev–Trinajstić information content (AvgIpc) is 3.21. The predicted molar refractivity (Wildman–Crippen MR) is 107 cm³/mol. The normalized spacial score (nSPS) is 13.1. The number of fused-ring (bicyclic) bond motifs is 1. The minimum atomic E-state index is -3.62. The molecule has 2 heterocycles. The Morgan fingerprint density at radius 3 is 2.53 bits per heavy atom. The van der Waals surface area contributed by atoms with Gasteiger partial charge in [-0.15, -0.1) is 5.10 Å². The van der Waals surface area contributed by atoms with Gasteiger partial charge in [0.05, 0.1) is 10.6 Å². The third kappa shape index (κ3) is 4.55. The molecule has 1 aliphatic heterocycles. The maximum atomic E-state index is 12.3. The van der Waals surface area contributed by atoms with Crippen LogP contribution in [0.3, 0.4) is 0 Å². The minimum Gasteiger partial charge on any atom is -0.486 e. The van der Waals surface area contributed by atoms with Gasteiger partial charge in [0.25, 0.3) is 0 Å². The van der Waals surface area contributed by atoms with Gasteiger partial charge in [0.15, 0.2) is 21.3 Å². The van der Waals surface area contributed by atoms with E-state index in [0.29, 0.717) is 35.3 Å². The van der Waals surface area contributed by atoms with E-state index in [1.807, 2.05) is 0 Å². The highest BCUT2D eigenvalue weighted by Gasteiger charge is 2.19. The molecule has 1 aromatic heterocycles. The molecule has 0 atom stereocenters. The molecule has 1 aliphatic rings. The van der Waals surface area contributed by atoms with E-state index in [-0.39, 0.29) is 29.0 Å². The van der Waals surface area contributed by atoms with E-state index in [0.717, 1.165) is 0 Å². The number of halogens is 1. The van der Waals surface area contributed by atoms with Crippen LogP contribution in [0.5, 0.6) is 11.5 Å². The van der Waals surface area contributed by atoms with Crippen LogP contribution in [0.4, 0.5) is 6.01 Å². The van der Waals surface area contributed by atoms with Crippen molar-refractivity contribution in [1.82, 2.24) is 10.2 Å². The molecule has 156 valence electrons. The topological polar surface area (TPSA) is 121 Å². The van der Waals surface area contributed by atoms with Gasteiger partial charge in [-0.1, -0.05) is 16.7 Å². The number of carbonyl (C=O) groups excluding carboxylic acids is 1. The molecule has 0 aliphatic carbocycles. The number of benzene rings is 2. The van der Waals surface area contributed by atoms with Gasteiger partial charge in [0.1, 0.15) is 13.2 Å². The summed E-state index contributed by atoms with van der Waals surface area (Å²) in [6, 6.07) is 10.8. The number of amides is 1. The smallest absolute Gasteiger partial charge is 0.322 e. The second-order valence-electron chi connectivity index (χ2n) is 6.34. The molecule has 30 heavy (non-hydrogen) atoms. The number of sulfone groups is 1. The van der Waals surface area contributed by atoms with Crippen LogP contribution in [0, 0.1) is 0 Å². The Bertz CT molecular complexity index is 1180. The molecular formula is C19H16ClN3O6S. The lowest BCUT2D eigenvalue weighted by Gasteiger charge is -2.18. The molecule has 11 heteroatoms. The van der Waals surface area contributed by atoms with Crippen molar-refractivity contribution < 1.29 is 27.1 Å². The summed E-state index contributed by atoms with van der Waals surface area (Å²) in [5.74, 6) is 0.430. The number of nitrogens with one attached hydrogen (secondary N) is 1. The minimum absolute atomic E-state index is 0.0957. The Hall–Kier alpha value is -3.11. The third-order valence-corrected chi connectivity index (χ3v) is 6.22. The lowest BCUT2D eigenvalue weighted by atomic mass is 10.2. The Morgan fingerprint density at radius 1 is 1.03 bits per heavy atom. The Kier molecular flexibility index (Phi) is 5.60. The van der Waals surface area contributed by atoms with Crippen LogP contribution in [0.25, 0.3) is 11.5 Å². The fraction of sp³-hybridized carbons (Fsp3) is 0.211. The Balaban J connectivity index is 1.38. The Morgan fingerprint density at radius 2 is 1.77 bits per heavy atom. The lowest BCUT2D eigenvalue weighted by molar-refractivity contribution is -0.115. The summed E-state index contributed by atoms with van der Waals surface area (Å²) in [6.07, 6.45) is -0.271. The van der Waals surface area contributed by atoms with Crippen molar-refractivity contribution in [2.45, 2.75) is 11.3 Å². The number of anilines is 1. The van der Waals surface area contributed by atoms with Gasteiger partial charge in [-0.3, -0.25) is 10.1 Å². The van der Waals surface area contributed by atoms with Crippen LogP contribution < -0.4 is 14.8 Å². The number of aromatic nitrogens is 2. The fourth-order valence-electron chi connectivity index (χ4n) is 2.74.